The van der Waals surface area contributed by atoms with Crippen LogP contribution in [0.4, 0.5) is 0 Å². The number of amides is 1. The van der Waals surface area contributed by atoms with Crippen LogP contribution < -0.4 is 5.32 Å². The van der Waals surface area contributed by atoms with E-state index >= 15 is 0 Å². The second-order valence-electron chi connectivity index (χ2n) is 4.90. The standard InChI is InChI=1S/C16H15N5OS/c1-11-3-2-4-13(20-11)15(22)19-6-5-12-10-23-16(21-12)14-9-17-7-8-18-14/h2-4,7-10H,5-6H2,1H3,(H,19,22). The van der Waals surface area contributed by atoms with Crippen LogP contribution in [0.1, 0.15) is 21.9 Å². The lowest BCUT2D eigenvalue weighted by Gasteiger charge is -2.04. The molecule has 0 radical (unpaired) electrons. The third kappa shape index (κ3) is 3.95. The maximum Gasteiger partial charge on any atom is 0.269 e. The number of aryl methyl sites for hydroxylation is 1. The van der Waals surface area contributed by atoms with Crippen molar-refractivity contribution in [2.45, 2.75) is 13.3 Å². The fraction of sp³-hybridized carbons (Fsp3) is 0.188. The maximum atomic E-state index is 12.0. The molecule has 0 aliphatic rings. The number of pyridine rings is 1. The number of thiazole rings is 1. The van der Waals surface area contributed by atoms with Gasteiger partial charge in [0.2, 0.25) is 0 Å². The van der Waals surface area contributed by atoms with E-state index in [9.17, 15) is 4.79 Å². The second-order valence-corrected chi connectivity index (χ2v) is 5.76. The number of aromatic nitrogens is 4. The molecule has 0 spiro atoms. The van der Waals surface area contributed by atoms with Gasteiger partial charge in [0.1, 0.15) is 16.4 Å². The van der Waals surface area contributed by atoms with Crippen LogP contribution in [0, 0.1) is 6.92 Å². The van der Waals surface area contributed by atoms with Gasteiger partial charge in [0.05, 0.1) is 11.9 Å². The molecule has 0 aliphatic carbocycles. The molecule has 1 amide bonds. The van der Waals surface area contributed by atoms with E-state index in [1.165, 1.54) is 11.3 Å². The molecule has 3 heterocycles. The van der Waals surface area contributed by atoms with Crippen molar-refractivity contribution < 1.29 is 4.79 Å². The molecule has 0 saturated heterocycles. The molecule has 0 fully saturated rings. The summed E-state index contributed by atoms with van der Waals surface area (Å²) in [5.41, 5.74) is 2.94. The summed E-state index contributed by atoms with van der Waals surface area (Å²) in [6, 6.07) is 5.39. The fourth-order valence-corrected chi connectivity index (χ4v) is 2.83. The van der Waals surface area contributed by atoms with Crippen molar-refractivity contribution in [1.29, 1.82) is 0 Å². The van der Waals surface area contributed by atoms with E-state index in [2.05, 4.69) is 25.3 Å². The van der Waals surface area contributed by atoms with Crippen molar-refractivity contribution in [1.82, 2.24) is 25.3 Å². The molecule has 0 bridgehead atoms. The molecule has 23 heavy (non-hydrogen) atoms. The fourth-order valence-electron chi connectivity index (χ4n) is 2.01. The van der Waals surface area contributed by atoms with Gasteiger partial charge in [0.25, 0.3) is 5.91 Å². The minimum Gasteiger partial charge on any atom is -0.350 e. The smallest absolute Gasteiger partial charge is 0.269 e. The Morgan fingerprint density at radius 3 is 2.96 bits per heavy atom. The Morgan fingerprint density at radius 2 is 2.17 bits per heavy atom. The molecular weight excluding hydrogens is 310 g/mol. The molecule has 0 atom stereocenters. The predicted molar refractivity (Wildman–Crippen MR) is 88.2 cm³/mol. The van der Waals surface area contributed by atoms with Crippen LogP contribution in [-0.4, -0.2) is 32.4 Å². The Hall–Kier alpha value is -2.67. The predicted octanol–water partition coefficient (Wildman–Crippen LogP) is 2.28. The number of nitrogens with zero attached hydrogens (tertiary/aromatic N) is 4. The zero-order valence-electron chi connectivity index (χ0n) is 12.6. The normalized spacial score (nSPS) is 10.5. The molecule has 1 N–H and O–H groups in total. The Labute approximate surface area is 137 Å². The molecule has 6 nitrogen and oxygen atoms in total. The first-order chi connectivity index (χ1) is 11.2. The summed E-state index contributed by atoms with van der Waals surface area (Å²) in [6.07, 6.45) is 5.63. The molecule has 0 aliphatic heterocycles. The lowest BCUT2D eigenvalue weighted by molar-refractivity contribution is 0.0949. The van der Waals surface area contributed by atoms with E-state index in [-0.39, 0.29) is 5.91 Å². The van der Waals surface area contributed by atoms with E-state index < -0.39 is 0 Å². The Bertz CT molecular complexity index is 803. The summed E-state index contributed by atoms with van der Waals surface area (Å²) in [5.74, 6) is -0.168. The van der Waals surface area contributed by atoms with Gasteiger partial charge in [-0.25, -0.2) is 9.97 Å². The minimum atomic E-state index is -0.168. The molecule has 0 aromatic carbocycles. The number of rotatable bonds is 5. The van der Waals surface area contributed by atoms with Crippen LogP contribution in [0.3, 0.4) is 0 Å². The van der Waals surface area contributed by atoms with Crippen LogP contribution >= 0.6 is 11.3 Å². The first kappa shape index (κ1) is 15.2. The topological polar surface area (TPSA) is 80.7 Å². The molecule has 3 aromatic heterocycles. The van der Waals surface area contributed by atoms with Gasteiger partial charge in [-0.2, -0.15) is 0 Å². The average Bonchev–Trinajstić information content (AvgIpc) is 3.04. The van der Waals surface area contributed by atoms with E-state index in [0.717, 1.165) is 22.1 Å². The van der Waals surface area contributed by atoms with E-state index in [1.54, 1.807) is 24.7 Å². The highest BCUT2D eigenvalue weighted by Gasteiger charge is 2.08. The highest BCUT2D eigenvalue weighted by atomic mass is 32.1. The third-order valence-electron chi connectivity index (χ3n) is 3.12. The molecule has 3 rings (SSSR count). The molecule has 0 unspecified atom stereocenters. The zero-order valence-corrected chi connectivity index (χ0v) is 13.4. The highest BCUT2D eigenvalue weighted by Crippen LogP contribution is 2.20. The second kappa shape index (κ2) is 7.06. The lowest BCUT2D eigenvalue weighted by atomic mass is 10.3. The summed E-state index contributed by atoms with van der Waals surface area (Å²) in [4.78, 5) is 29.0. The largest absolute Gasteiger partial charge is 0.350 e. The molecule has 116 valence electrons. The summed E-state index contributed by atoms with van der Waals surface area (Å²) < 4.78 is 0. The first-order valence-electron chi connectivity index (χ1n) is 7.15. The Morgan fingerprint density at radius 1 is 1.26 bits per heavy atom. The third-order valence-corrected chi connectivity index (χ3v) is 4.04. The highest BCUT2D eigenvalue weighted by molar-refractivity contribution is 7.13. The average molecular weight is 325 g/mol. The van der Waals surface area contributed by atoms with Crippen molar-refractivity contribution in [3.05, 3.63) is 59.3 Å². The number of hydrogen-bond donors (Lipinski definition) is 1. The van der Waals surface area contributed by atoms with Crippen molar-refractivity contribution in [2.75, 3.05) is 6.54 Å². The van der Waals surface area contributed by atoms with Crippen LogP contribution in [-0.2, 0) is 6.42 Å². The van der Waals surface area contributed by atoms with E-state index in [0.29, 0.717) is 18.7 Å². The van der Waals surface area contributed by atoms with Crippen molar-refractivity contribution in [2.24, 2.45) is 0 Å². The van der Waals surface area contributed by atoms with E-state index in [1.807, 2.05) is 24.4 Å². The lowest BCUT2D eigenvalue weighted by Crippen LogP contribution is -2.26. The minimum absolute atomic E-state index is 0.168. The van der Waals surface area contributed by atoms with Gasteiger partial charge in [0.15, 0.2) is 0 Å². The van der Waals surface area contributed by atoms with Gasteiger partial charge in [0, 0.05) is 36.4 Å². The maximum absolute atomic E-state index is 12.0. The SMILES string of the molecule is Cc1cccc(C(=O)NCCc2csc(-c3cnccn3)n2)n1. The van der Waals surface area contributed by atoms with Crippen LogP contribution in [0.25, 0.3) is 10.7 Å². The van der Waals surface area contributed by atoms with Crippen LogP contribution in [0.5, 0.6) is 0 Å². The number of hydrogen-bond acceptors (Lipinski definition) is 6. The summed E-state index contributed by atoms with van der Waals surface area (Å²) >= 11 is 1.52. The van der Waals surface area contributed by atoms with Crippen molar-refractivity contribution in [3.63, 3.8) is 0 Å². The number of nitrogens with one attached hydrogen (secondary N) is 1. The van der Waals surface area contributed by atoms with Crippen LogP contribution in [0.2, 0.25) is 0 Å². The Kier molecular flexibility index (Phi) is 4.68. The van der Waals surface area contributed by atoms with Gasteiger partial charge in [-0.15, -0.1) is 11.3 Å². The van der Waals surface area contributed by atoms with Gasteiger partial charge < -0.3 is 5.32 Å². The summed E-state index contributed by atoms with van der Waals surface area (Å²) in [7, 11) is 0. The van der Waals surface area contributed by atoms with Gasteiger partial charge >= 0.3 is 0 Å². The van der Waals surface area contributed by atoms with Crippen molar-refractivity contribution >= 4 is 17.2 Å². The van der Waals surface area contributed by atoms with Gasteiger partial charge in [-0.05, 0) is 19.1 Å². The summed E-state index contributed by atoms with van der Waals surface area (Å²) in [5, 5.41) is 5.67. The zero-order chi connectivity index (χ0) is 16.1. The molecule has 3 aromatic rings. The molecule has 7 heteroatoms. The van der Waals surface area contributed by atoms with Crippen LogP contribution in [0.15, 0.2) is 42.2 Å². The first-order valence-corrected chi connectivity index (χ1v) is 8.03. The summed E-state index contributed by atoms with van der Waals surface area (Å²) in [6.45, 7) is 2.37. The van der Waals surface area contributed by atoms with Crippen molar-refractivity contribution in [3.8, 4) is 10.7 Å². The van der Waals surface area contributed by atoms with Gasteiger partial charge in [-0.1, -0.05) is 6.07 Å². The Balaban J connectivity index is 1.55. The van der Waals surface area contributed by atoms with Gasteiger partial charge in [-0.3, -0.25) is 14.8 Å². The number of carbonyl (C=O) groups is 1. The molecular formula is C16H15N5OS. The quantitative estimate of drug-likeness (QED) is 0.778. The molecule has 0 saturated carbocycles. The monoisotopic (exact) mass is 325 g/mol. The van der Waals surface area contributed by atoms with E-state index in [4.69, 9.17) is 0 Å². The number of carbonyl (C=O) groups excluding carboxylic acids is 1.